The Bertz CT molecular complexity index is 612. The van der Waals surface area contributed by atoms with Gasteiger partial charge >= 0.3 is 0 Å². The number of pyridine rings is 1. The molecule has 0 spiro atoms. The Morgan fingerprint density at radius 2 is 1.30 bits per heavy atom. The average molecular weight is 294 g/mol. The molecule has 0 aliphatic heterocycles. The van der Waals surface area contributed by atoms with E-state index < -0.39 is 0 Å². The van der Waals surface area contributed by atoms with E-state index in [-0.39, 0.29) is 0 Å². The molecular weight excluding hydrogens is 282 g/mol. The second-order valence-electron chi connectivity index (χ2n) is 4.06. The predicted octanol–water partition coefficient (Wildman–Crippen LogP) is 5.18. The Hall–Kier alpha value is -1.71. The summed E-state index contributed by atoms with van der Waals surface area (Å²) in [5.74, 6) is 0. The molecule has 1 heterocycles. The Balaban J connectivity index is 1.76. The first-order valence-electron chi connectivity index (χ1n) is 6.25. The summed E-state index contributed by atoms with van der Waals surface area (Å²) in [6.45, 7) is 0. The van der Waals surface area contributed by atoms with Gasteiger partial charge in [-0.25, -0.2) is 4.98 Å². The maximum absolute atomic E-state index is 4.63. The number of aromatic nitrogens is 1. The van der Waals surface area contributed by atoms with Gasteiger partial charge in [0.2, 0.25) is 0 Å². The molecule has 0 amide bonds. The third kappa shape index (κ3) is 3.65. The van der Waals surface area contributed by atoms with Crippen molar-refractivity contribution < 1.29 is 0 Å². The zero-order valence-corrected chi connectivity index (χ0v) is 12.3. The van der Waals surface area contributed by atoms with Gasteiger partial charge in [0.15, 0.2) is 0 Å². The smallest absolute Gasteiger partial charge is 0.110 e. The summed E-state index contributed by atoms with van der Waals surface area (Å²) in [6.07, 6.45) is 0. The largest absolute Gasteiger partial charge is 0.234 e. The molecule has 1 aromatic heterocycles. The summed E-state index contributed by atoms with van der Waals surface area (Å²) in [4.78, 5) is 7.01. The lowest BCUT2D eigenvalue weighted by atomic mass is 10.4. The van der Waals surface area contributed by atoms with E-state index in [1.165, 1.54) is 9.79 Å². The van der Waals surface area contributed by atoms with E-state index in [1.54, 1.807) is 23.5 Å². The monoisotopic (exact) mass is 294 g/mol. The van der Waals surface area contributed by atoms with E-state index in [9.17, 15) is 0 Å². The summed E-state index contributed by atoms with van der Waals surface area (Å²) in [5.41, 5.74) is 0. The number of hydrogen-bond acceptors (Lipinski definition) is 3. The highest BCUT2D eigenvalue weighted by Crippen LogP contribution is 2.30. The van der Waals surface area contributed by atoms with Gasteiger partial charge in [0.25, 0.3) is 0 Å². The Morgan fingerprint density at radius 3 is 1.95 bits per heavy atom. The first-order chi connectivity index (χ1) is 9.90. The number of benzene rings is 2. The molecule has 0 bridgehead atoms. The van der Waals surface area contributed by atoms with Crippen molar-refractivity contribution >= 4 is 23.5 Å². The molecule has 0 saturated carbocycles. The van der Waals surface area contributed by atoms with Crippen LogP contribution in [-0.4, -0.2) is 4.98 Å². The molecular formula is C17H12NS2. The van der Waals surface area contributed by atoms with Gasteiger partial charge in [-0.05, 0) is 36.4 Å². The molecule has 0 aliphatic carbocycles. The minimum atomic E-state index is 0.900. The third-order valence-corrected chi connectivity index (χ3v) is 4.42. The molecule has 2 aromatic carbocycles. The number of nitrogens with zero attached hydrogens (tertiary/aromatic N) is 1. The molecule has 3 aromatic rings. The zero-order valence-electron chi connectivity index (χ0n) is 10.7. The highest BCUT2D eigenvalue weighted by atomic mass is 32.2. The molecule has 3 heteroatoms. The van der Waals surface area contributed by atoms with E-state index >= 15 is 0 Å². The van der Waals surface area contributed by atoms with Crippen molar-refractivity contribution in [2.75, 3.05) is 0 Å². The van der Waals surface area contributed by atoms with Crippen LogP contribution in [-0.2, 0) is 0 Å². The molecule has 1 nitrogen and oxygen atoms in total. The standard InChI is InChI=1S/C17H12NS2/c1-3-8-14(9-4-1)19-16-12-7-13-17(18-16)20-15-10-5-2-6-11-15/h1-12H. The van der Waals surface area contributed by atoms with Crippen LogP contribution in [0.2, 0.25) is 0 Å². The highest BCUT2D eigenvalue weighted by Gasteiger charge is 2.02. The molecule has 20 heavy (non-hydrogen) atoms. The quantitative estimate of drug-likeness (QED) is 0.657. The van der Waals surface area contributed by atoms with Gasteiger partial charge in [-0.1, -0.05) is 59.9 Å². The summed E-state index contributed by atoms with van der Waals surface area (Å²) in [5, 5.41) is 1.89. The molecule has 0 aliphatic rings. The van der Waals surface area contributed by atoms with Crippen molar-refractivity contribution in [1.82, 2.24) is 4.98 Å². The van der Waals surface area contributed by atoms with Crippen LogP contribution in [0, 0.1) is 6.07 Å². The number of rotatable bonds is 4. The molecule has 0 atom stereocenters. The van der Waals surface area contributed by atoms with E-state index in [1.807, 2.05) is 48.5 Å². The van der Waals surface area contributed by atoms with Gasteiger partial charge in [-0.3, -0.25) is 0 Å². The van der Waals surface area contributed by atoms with Crippen LogP contribution in [0.25, 0.3) is 0 Å². The molecule has 3 rings (SSSR count). The SMILES string of the molecule is [c]1ccc(Sc2ccccc2)nc1Sc1ccccc1. The van der Waals surface area contributed by atoms with Crippen LogP contribution in [0.15, 0.2) is 92.6 Å². The molecule has 97 valence electrons. The summed E-state index contributed by atoms with van der Waals surface area (Å²) in [6, 6.07) is 27.6. The Kier molecular flexibility index (Phi) is 4.41. The van der Waals surface area contributed by atoms with Crippen LogP contribution in [0.5, 0.6) is 0 Å². The fraction of sp³-hybridized carbons (Fsp3) is 0. The normalized spacial score (nSPS) is 10.4. The first-order valence-corrected chi connectivity index (χ1v) is 7.88. The van der Waals surface area contributed by atoms with Crippen LogP contribution in [0.4, 0.5) is 0 Å². The van der Waals surface area contributed by atoms with Crippen molar-refractivity contribution in [2.45, 2.75) is 19.8 Å². The maximum Gasteiger partial charge on any atom is 0.110 e. The van der Waals surface area contributed by atoms with E-state index in [2.05, 4.69) is 35.3 Å². The van der Waals surface area contributed by atoms with Crippen molar-refractivity contribution in [3.8, 4) is 0 Å². The van der Waals surface area contributed by atoms with Crippen LogP contribution in [0.3, 0.4) is 0 Å². The summed E-state index contributed by atoms with van der Waals surface area (Å²) < 4.78 is 0. The lowest BCUT2D eigenvalue weighted by molar-refractivity contribution is 1.00. The molecule has 1 radical (unpaired) electrons. The van der Waals surface area contributed by atoms with Crippen molar-refractivity contribution in [2.24, 2.45) is 0 Å². The minimum Gasteiger partial charge on any atom is -0.234 e. The molecule has 0 fully saturated rings. The maximum atomic E-state index is 4.63. The van der Waals surface area contributed by atoms with Crippen molar-refractivity contribution in [3.05, 3.63) is 78.9 Å². The third-order valence-electron chi connectivity index (χ3n) is 2.57. The van der Waals surface area contributed by atoms with E-state index in [0.29, 0.717) is 0 Å². The van der Waals surface area contributed by atoms with E-state index in [4.69, 9.17) is 0 Å². The zero-order chi connectivity index (χ0) is 13.6. The second-order valence-corrected chi connectivity index (χ2v) is 6.22. The second kappa shape index (κ2) is 6.64. The summed E-state index contributed by atoms with van der Waals surface area (Å²) >= 11 is 3.30. The predicted molar refractivity (Wildman–Crippen MR) is 84.2 cm³/mol. The molecule has 0 N–H and O–H groups in total. The lowest BCUT2D eigenvalue weighted by Crippen LogP contribution is -1.83. The highest BCUT2D eigenvalue weighted by molar-refractivity contribution is 8.00. The summed E-state index contributed by atoms with van der Waals surface area (Å²) in [7, 11) is 0. The van der Waals surface area contributed by atoms with Gasteiger partial charge in [0, 0.05) is 15.9 Å². The van der Waals surface area contributed by atoms with Crippen LogP contribution < -0.4 is 0 Å². The Morgan fingerprint density at radius 1 is 0.700 bits per heavy atom. The lowest BCUT2D eigenvalue weighted by Gasteiger charge is -2.04. The van der Waals surface area contributed by atoms with Crippen LogP contribution in [0.1, 0.15) is 0 Å². The Labute approximate surface area is 127 Å². The fourth-order valence-electron chi connectivity index (χ4n) is 1.67. The minimum absolute atomic E-state index is 0.900. The van der Waals surface area contributed by atoms with Gasteiger partial charge in [0.05, 0.1) is 0 Å². The van der Waals surface area contributed by atoms with Crippen molar-refractivity contribution in [1.29, 1.82) is 0 Å². The van der Waals surface area contributed by atoms with Gasteiger partial charge in [-0.15, -0.1) is 0 Å². The first kappa shape index (κ1) is 13.3. The van der Waals surface area contributed by atoms with Crippen LogP contribution >= 0.6 is 23.5 Å². The number of hydrogen-bond donors (Lipinski definition) is 0. The van der Waals surface area contributed by atoms with Gasteiger partial charge in [-0.2, -0.15) is 0 Å². The van der Waals surface area contributed by atoms with Gasteiger partial charge in [0.1, 0.15) is 10.1 Å². The molecule has 0 unspecified atom stereocenters. The fourth-order valence-corrected chi connectivity index (χ4v) is 3.33. The average Bonchev–Trinajstić information content (AvgIpc) is 2.50. The van der Waals surface area contributed by atoms with Gasteiger partial charge < -0.3 is 0 Å². The van der Waals surface area contributed by atoms with Crippen molar-refractivity contribution in [3.63, 3.8) is 0 Å². The molecule has 0 saturated heterocycles. The topological polar surface area (TPSA) is 12.9 Å². The van der Waals surface area contributed by atoms with E-state index in [0.717, 1.165) is 10.1 Å².